The maximum absolute atomic E-state index is 8.49. The van der Waals surface area contributed by atoms with Crippen LogP contribution in [0.4, 0.5) is 0 Å². The van der Waals surface area contributed by atoms with Gasteiger partial charge >= 0.3 is 263 Å². The van der Waals surface area contributed by atoms with Gasteiger partial charge in [-0.15, -0.1) is 0 Å². The van der Waals surface area contributed by atoms with Crippen molar-refractivity contribution in [3.8, 4) is 22.3 Å². The van der Waals surface area contributed by atoms with Crippen LogP contribution in [-0.2, 0) is 15.6 Å². The molecule has 215 valence electrons. The van der Waals surface area contributed by atoms with Crippen molar-refractivity contribution in [2.24, 2.45) is 0 Å². The fourth-order valence-corrected chi connectivity index (χ4v) is 40.7. The van der Waals surface area contributed by atoms with Gasteiger partial charge in [0.15, 0.2) is 0 Å². The molecule has 0 heterocycles. The summed E-state index contributed by atoms with van der Waals surface area (Å²) in [6.45, 7) is 18.2. The number of aryl methyl sites for hydroxylation is 4. The molecule has 0 spiro atoms. The van der Waals surface area contributed by atoms with Crippen molar-refractivity contribution in [1.29, 1.82) is 0 Å². The van der Waals surface area contributed by atoms with Gasteiger partial charge in [-0.1, -0.05) is 0 Å². The summed E-state index contributed by atoms with van der Waals surface area (Å²) in [4.78, 5) is 0. The summed E-state index contributed by atoms with van der Waals surface area (Å²) in [6, 6.07) is 27.3. The molecule has 0 radical (unpaired) electrons. The van der Waals surface area contributed by atoms with Crippen molar-refractivity contribution in [3.63, 3.8) is 0 Å². The summed E-state index contributed by atoms with van der Waals surface area (Å²) in [5, 5.41) is 0. The van der Waals surface area contributed by atoms with Crippen molar-refractivity contribution in [3.05, 3.63) is 128 Å². The summed E-state index contributed by atoms with van der Waals surface area (Å²) >= 11 is -4.72. The molecular formula is C38H41Cl2SiZr. The third kappa shape index (κ3) is 4.64. The van der Waals surface area contributed by atoms with Crippen molar-refractivity contribution in [1.82, 2.24) is 0 Å². The van der Waals surface area contributed by atoms with E-state index in [1.165, 1.54) is 77.9 Å². The number of halogens is 2. The summed E-state index contributed by atoms with van der Waals surface area (Å²) in [6.07, 6.45) is 4.82. The van der Waals surface area contributed by atoms with E-state index in [9.17, 15) is 0 Å². The minimum atomic E-state index is -4.72. The Morgan fingerprint density at radius 2 is 0.881 bits per heavy atom. The topological polar surface area (TPSA) is 0 Å². The molecule has 2 unspecified atom stereocenters. The third-order valence-electron chi connectivity index (χ3n) is 9.92. The molecule has 0 aromatic heterocycles. The first-order valence-corrected chi connectivity index (χ1v) is 31.5. The van der Waals surface area contributed by atoms with Crippen LogP contribution in [0.25, 0.3) is 34.4 Å². The van der Waals surface area contributed by atoms with Crippen molar-refractivity contribution < 1.29 is 15.6 Å². The van der Waals surface area contributed by atoms with Crippen LogP contribution in [0.5, 0.6) is 0 Å². The molecule has 0 nitrogen and oxygen atoms in total. The van der Waals surface area contributed by atoms with Crippen LogP contribution >= 0.6 is 17.0 Å². The molecule has 4 heteroatoms. The number of benzene rings is 4. The zero-order chi connectivity index (χ0) is 30.2. The van der Waals surface area contributed by atoms with E-state index in [0.717, 1.165) is 0 Å². The summed E-state index contributed by atoms with van der Waals surface area (Å²) in [5.41, 5.74) is 18.2. The maximum atomic E-state index is 8.49. The molecule has 6 rings (SSSR count). The van der Waals surface area contributed by atoms with E-state index in [4.69, 9.17) is 17.0 Å². The second-order valence-electron chi connectivity index (χ2n) is 13.4. The van der Waals surface area contributed by atoms with Crippen LogP contribution in [0.3, 0.4) is 0 Å². The van der Waals surface area contributed by atoms with E-state index in [-0.39, 0.29) is 7.25 Å². The Morgan fingerprint density at radius 3 is 1.21 bits per heavy atom. The van der Waals surface area contributed by atoms with Crippen molar-refractivity contribution >= 4 is 35.1 Å². The molecule has 2 aliphatic carbocycles. The third-order valence-corrected chi connectivity index (χ3v) is 62.2. The minimum absolute atomic E-state index is 0.100. The monoisotopic (exact) mass is 685 g/mol. The van der Waals surface area contributed by atoms with Gasteiger partial charge in [-0.05, 0) is 0 Å². The van der Waals surface area contributed by atoms with Gasteiger partial charge in [0.1, 0.15) is 0 Å². The fraction of sp³-hybridized carbons (Fsp3) is 0.263. The molecule has 0 aliphatic heterocycles. The van der Waals surface area contributed by atoms with E-state index < -0.39 is 21.5 Å². The standard InChI is InChI=1S/2C18H17.C2H7Si.2ClH.Zr/c2*1-12-4-6-15(7-5-12)17-10-13(2)8-16-9-14(3)11-18(16)17;1-3-2;;;/h2*4-11H,1-3H3;3H,1-2H3;2*1H;/q;;;;;+2/p-2. The normalized spacial score (nSPS) is 18.8. The van der Waals surface area contributed by atoms with Gasteiger partial charge in [0.2, 0.25) is 0 Å². The Bertz CT molecular complexity index is 1670. The summed E-state index contributed by atoms with van der Waals surface area (Å²) in [7, 11) is 17.0. The predicted molar refractivity (Wildman–Crippen MR) is 186 cm³/mol. The van der Waals surface area contributed by atoms with Gasteiger partial charge in [-0.25, -0.2) is 0 Å². The Hall–Kier alpha value is -1.96. The van der Waals surface area contributed by atoms with Gasteiger partial charge in [0.25, 0.3) is 0 Å². The van der Waals surface area contributed by atoms with E-state index in [0.29, 0.717) is 0 Å². The van der Waals surface area contributed by atoms with E-state index in [2.05, 4.69) is 140 Å². The molecule has 0 bridgehead atoms. The number of hydrogen-bond donors (Lipinski definition) is 0. The van der Waals surface area contributed by atoms with Gasteiger partial charge < -0.3 is 0 Å². The molecule has 4 aromatic carbocycles. The van der Waals surface area contributed by atoms with Crippen LogP contribution in [0.1, 0.15) is 65.6 Å². The van der Waals surface area contributed by atoms with Gasteiger partial charge in [0, 0.05) is 0 Å². The number of allylic oxidation sites excluding steroid dienone is 2. The first-order valence-electron chi connectivity index (χ1n) is 15.2. The quantitative estimate of drug-likeness (QED) is 0.183. The average Bonchev–Trinajstić information content (AvgIpc) is 3.45. The van der Waals surface area contributed by atoms with Gasteiger partial charge in [-0.3, -0.25) is 0 Å². The molecule has 42 heavy (non-hydrogen) atoms. The van der Waals surface area contributed by atoms with Crippen molar-refractivity contribution in [2.45, 2.75) is 61.9 Å². The van der Waals surface area contributed by atoms with E-state index in [1.807, 2.05) is 0 Å². The Kier molecular flexibility index (Phi) is 7.58. The zero-order valence-corrected chi connectivity index (χ0v) is 31.2. The summed E-state index contributed by atoms with van der Waals surface area (Å²) < 4.78 is 0.200. The molecule has 0 N–H and O–H groups in total. The predicted octanol–water partition coefficient (Wildman–Crippen LogP) is 11.9. The van der Waals surface area contributed by atoms with Crippen LogP contribution in [0.15, 0.2) is 83.9 Å². The van der Waals surface area contributed by atoms with E-state index >= 15 is 0 Å². The average molecular weight is 688 g/mol. The molecule has 0 amide bonds. The van der Waals surface area contributed by atoms with Gasteiger partial charge in [0.05, 0.1) is 0 Å². The SMILES string of the molecule is CC1=Cc2c(-c3ccc(C)cc3)cc(C)cc2[CH]1[Zr]([Cl])([Cl])([CH]1C(C)=Cc2c(-c3ccc(C)cc3)cc(C)cc21)[SiH](C)C. The first kappa shape index (κ1) is 30.1. The fourth-order valence-electron chi connectivity index (χ4n) is 7.81. The zero-order valence-electron chi connectivity index (χ0n) is 26.1. The second-order valence-corrected chi connectivity index (χ2v) is 55.9. The van der Waals surface area contributed by atoms with Crippen LogP contribution < -0.4 is 0 Å². The molecule has 2 aliphatic rings. The first-order chi connectivity index (χ1) is 19.8. The molecule has 0 fully saturated rings. The molecular weight excluding hydrogens is 647 g/mol. The molecule has 0 saturated heterocycles. The Morgan fingerprint density at radius 1 is 0.524 bits per heavy atom. The summed E-state index contributed by atoms with van der Waals surface area (Å²) in [5.74, 6) is -1.58. The number of fused-ring (bicyclic) bond motifs is 2. The molecule has 2 atom stereocenters. The Balaban J connectivity index is 1.58. The number of rotatable bonds is 5. The Labute approximate surface area is 261 Å². The van der Waals surface area contributed by atoms with Crippen molar-refractivity contribution in [2.75, 3.05) is 0 Å². The second kappa shape index (κ2) is 10.6. The number of hydrogen-bond acceptors (Lipinski definition) is 0. The van der Waals surface area contributed by atoms with Crippen LogP contribution in [0, 0.1) is 27.7 Å². The molecule has 0 saturated carbocycles. The van der Waals surface area contributed by atoms with Crippen LogP contribution in [0.2, 0.25) is 13.1 Å². The molecule has 4 aromatic rings. The van der Waals surface area contributed by atoms with Crippen LogP contribution in [-0.4, -0.2) is 5.92 Å². The van der Waals surface area contributed by atoms with E-state index in [1.54, 1.807) is 0 Å². The van der Waals surface area contributed by atoms with Gasteiger partial charge in [-0.2, -0.15) is 0 Å².